The minimum absolute atomic E-state index is 0.0322. The van der Waals surface area contributed by atoms with Gasteiger partial charge in [-0.25, -0.2) is 4.58 Å². The van der Waals surface area contributed by atoms with Crippen LogP contribution in [0.15, 0.2) is 78.0 Å². The normalized spacial score (nSPS) is 17.9. The first kappa shape index (κ1) is 64.0. The number of allylic oxidation sites excluding steroid dienone is 1. The molecule has 10 rings (SSSR count). The molecule has 0 spiro atoms. The molecule has 0 bridgehead atoms. The molecule has 88 heavy (non-hydrogen) atoms. The van der Waals surface area contributed by atoms with Crippen molar-refractivity contribution >= 4 is 34.6 Å². The Balaban J connectivity index is 0.657. The van der Waals surface area contributed by atoms with Crippen LogP contribution in [0.25, 0.3) is 17.0 Å². The molecular formula is C71H92N9O8+. The number of amides is 2. The molecular weight excluding hydrogens is 1110 g/mol. The Bertz CT molecular complexity index is 3550. The van der Waals surface area contributed by atoms with Gasteiger partial charge < -0.3 is 39.4 Å². The Kier molecular flexibility index (Phi) is 20.2. The van der Waals surface area contributed by atoms with E-state index in [2.05, 4.69) is 112 Å². The van der Waals surface area contributed by atoms with Gasteiger partial charge in [-0.3, -0.25) is 19.2 Å². The second-order valence-corrected chi connectivity index (χ2v) is 26.6. The lowest BCUT2D eigenvalue weighted by Gasteiger charge is -2.44. The molecule has 468 valence electrons. The number of rotatable bonds is 26. The van der Waals surface area contributed by atoms with Crippen LogP contribution in [0.3, 0.4) is 0 Å². The van der Waals surface area contributed by atoms with E-state index in [0.29, 0.717) is 127 Å². The Morgan fingerprint density at radius 2 is 1.41 bits per heavy atom. The number of nitrogens with one attached hydrogen (secondary N) is 2. The number of ether oxygens (including phenoxy) is 4. The predicted molar refractivity (Wildman–Crippen MR) is 342 cm³/mol. The summed E-state index contributed by atoms with van der Waals surface area (Å²) in [4.78, 5) is 58.8. The summed E-state index contributed by atoms with van der Waals surface area (Å²) in [5, 5.41) is 25.1. The first-order chi connectivity index (χ1) is 42.3. The molecule has 0 radical (unpaired) electrons. The summed E-state index contributed by atoms with van der Waals surface area (Å²) in [6.45, 7) is 27.2. The van der Waals surface area contributed by atoms with Crippen molar-refractivity contribution in [2.24, 2.45) is 5.41 Å². The highest BCUT2D eigenvalue weighted by Crippen LogP contribution is 2.49. The summed E-state index contributed by atoms with van der Waals surface area (Å²) < 4.78 is 25.6. The van der Waals surface area contributed by atoms with Gasteiger partial charge in [-0.05, 0) is 139 Å². The van der Waals surface area contributed by atoms with E-state index < -0.39 is 0 Å². The number of fused-ring (bicyclic) bond motifs is 4. The number of hydrogen-bond acceptors (Lipinski definition) is 14. The molecule has 2 aliphatic carbocycles. The van der Waals surface area contributed by atoms with Crippen molar-refractivity contribution < 1.29 is 38.1 Å². The van der Waals surface area contributed by atoms with Gasteiger partial charge in [0.15, 0.2) is 22.9 Å². The van der Waals surface area contributed by atoms with Gasteiger partial charge in [0.05, 0.1) is 58.4 Å². The molecule has 1 saturated carbocycles. The standard InChI is InChI=1S/C71H91N9O8/c1-11-80-59-41-57-55(40-54(59)46(2)42-70(80,6)7)63(56-39-50-17-14-29-79-30-15-20-53(66(50)79)65(56)71(57,8)9)51-18-12-13-19-52(51)68(84)78(10)28-16-21-62(83)72-27-32-86-34-36-88-38-37-87-35-33-85-31-26-58(64-60(81)43-69(4,5)44-61(64)82)73-45-48-22-24-49(25-23-48)67-76-74-47(3)75-77-67/h12-13,18-19,22-25,39-41,46H,11,14-17,20-21,26-38,42-45H2,1-10H3,(H-,72,73,81,82,83)/p+1. The predicted octanol–water partition coefficient (Wildman–Crippen LogP) is 8.05. The maximum absolute atomic E-state index is 14.8. The van der Waals surface area contributed by atoms with Crippen LogP contribution in [0.4, 0.5) is 5.69 Å². The molecule has 17 heteroatoms. The third-order valence-corrected chi connectivity index (χ3v) is 18.5. The first-order valence-electron chi connectivity index (χ1n) is 32.1. The van der Waals surface area contributed by atoms with Crippen LogP contribution < -0.4 is 30.7 Å². The van der Waals surface area contributed by atoms with Crippen molar-refractivity contribution in [3.05, 3.63) is 144 Å². The summed E-state index contributed by atoms with van der Waals surface area (Å²) >= 11 is 0. The molecule has 4 aromatic carbocycles. The summed E-state index contributed by atoms with van der Waals surface area (Å²) in [5.41, 5.74) is 14.6. The summed E-state index contributed by atoms with van der Waals surface area (Å²) in [6, 6.07) is 23.4. The molecule has 1 fully saturated rings. The van der Waals surface area contributed by atoms with Gasteiger partial charge in [0.1, 0.15) is 6.54 Å². The summed E-state index contributed by atoms with van der Waals surface area (Å²) in [7, 11) is 1.85. The van der Waals surface area contributed by atoms with Crippen LogP contribution in [0.5, 0.6) is 0 Å². The molecule has 17 nitrogen and oxygen atoms in total. The highest BCUT2D eigenvalue weighted by Gasteiger charge is 2.44. The molecule has 5 aliphatic rings. The van der Waals surface area contributed by atoms with Crippen molar-refractivity contribution in [3.8, 4) is 11.4 Å². The van der Waals surface area contributed by atoms with Gasteiger partial charge in [-0.2, -0.15) is 0 Å². The van der Waals surface area contributed by atoms with Gasteiger partial charge in [-0.15, -0.1) is 20.4 Å². The van der Waals surface area contributed by atoms with Crippen molar-refractivity contribution in [1.82, 2.24) is 40.5 Å². The van der Waals surface area contributed by atoms with Crippen LogP contribution in [0.2, 0.25) is 0 Å². The van der Waals surface area contributed by atoms with E-state index in [1.165, 1.54) is 55.2 Å². The average molecular weight is 1200 g/mol. The minimum Gasteiger partial charge on any atom is -0.384 e. The van der Waals surface area contributed by atoms with Crippen LogP contribution in [0, 0.1) is 12.3 Å². The van der Waals surface area contributed by atoms with E-state index in [1.54, 1.807) is 11.8 Å². The highest BCUT2D eigenvalue weighted by atomic mass is 16.6. The molecule has 1 aromatic heterocycles. The van der Waals surface area contributed by atoms with Crippen LogP contribution in [-0.4, -0.2) is 147 Å². The molecule has 2 N–H and O–H groups in total. The van der Waals surface area contributed by atoms with Crippen LogP contribution >= 0.6 is 0 Å². The fourth-order valence-electron chi connectivity index (χ4n) is 14.4. The van der Waals surface area contributed by atoms with Crippen molar-refractivity contribution in [1.29, 1.82) is 0 Å². The van der Waals surface area contributed by atoms with Crippen molar-refractivity contribution in [2.75, 3.05) is 97.5 Å². The zero-order chi connectivity index (χ0) is 62.3. The third-order valence-electron chi connectivity index (χ3n) is 18.5. The maximum atomic E-state index is 14.8. The van der Waals surface area contributed by atoms with Gasteiger partial charge in [0, 0.05) is 111 Å². The minimum atomic E-state index is -0.377. The summed E-state index contributed by atoms with van der Waals surface area (Å²) in [6.07, 6.45) is 7.28. The fraction of sp³-hybridized carbons (Fsp3) is 0.535. The zero-order valence-electron chi connectivity index (χ0n) is 53.8. The van der Waals surface area contributed by atoms with Crippen LogP contribution in [-0.2, 0) is 58.1 Å². The highest BCUT2D eigenvalue weighted by molar-refractivity contribution is 6.22. The van der Waals surface area contributed by atoms with Crippen LogP contribution in [0.1, 0.15) is 173 Å². The second-order valence-electron chi connectivity index (χ2n) is 26.6. The lowest BCUT2D eigenvalue weighted by molar-refractivity contribution is -0.127. The van der Waals surface area contributed by atoms with Gasteiger partial charge in [-0.1, -0.05) is 77.1 Å². The van der Waals surface area contributed by atoms with E-state index in [4.69, 9.17) is 18.9 Å². The third kappa shape index (κ3) is 14.2. The van der Waals surface area contributed by atoms with Gasteiger partial charge in [0.25, 0.3) is 5.91 Å². The molecule has 5 aromatic rings. The van der Waals surface area contributed by atoms with Crippen molar-refractivity contribution in [3.63, 3.8) is 0 Å². The Morgan fingerprint density at radius 1 is 0.761 bits per heavy atom. The SMILES string of the molecule is CC[N+]1=c2cc3c(cc2C(C)CC1(C)C)=C(c1ccccc1C(=O)N(C)CCCC(=O)NCCOCCOCCOCCOCCC(NCc1ccc(-c2nnc(C)nn2)cc1)=C1C(=O)CC(C)(C)CC1=O)c1cc2c4c(c1C3(C)C)CCCN4CCC2. The van der Waals surface area contributed by atoms with E-state index in [0.717, 1.165) is 68.4 Å². The number of Topliss-reactive ketones (excluding diaryl/α,β-unsaturated/α-hetero) is 2. The van der Waals surface area contributed by atoms with Gasteiger partial charge in [0.2, 0.25) is 17.1 Å². The molecule has 3 aliphatic heterocycles. The number of carbonyl (C=O) groups is 4. The number of ketones is 2. The number of anilines is 1. The van der Waals surface area contributed by atoms with E-state index >= 15 is 0 Å². The Morgan fingerprint density at radius 3 is 2.09 bits per heavy atom. The quantitative estimate of drug-likeness (QED) is 0.0234. The Hall–Kier alpha value is -7.05. The number of aromatic nitrogens is 4. The van der Waals surface area contributed by atoms with Gasteiger partial charge >= 0.3 is 0 Å². The largest absolute Gasteiger partial charge is 0.384 e. The van der Waals surface area contributed by atoms with E-state index in [1.807, 2.05) is 57.3 Å². The summed E-state index contributed by atoms with van der Waals surface area (Å²) in [5.74, 6) is 0.877. The molecule has 4 heterocycles. The number of nitrogens with zero attached hydrogens (tertiary/aromatic N) is 7. The second kappa shape index (κ2) is 27.8. The monoisotopic (exact) mass is 1200 g/mol. The van der Waals surface area contributed by atoms with E-state index in [9.17, 15) is 19.2 Å². The lowest BCUT2D eigenvalue weighted by atomic mass is 9.64. The zero-order valence-corrected chi connectivity index (χ0v) is 53.8. The average Bonchev–Trinajstić information content (AvgIpc) is 0.792. The maximum Gasteiger partial charge on any atom is 0.254 e. The number of carbonyl (C=O) groups excluding carboxylic acids is 4. The fourth-order valence-corrected chi connectivity index (χ4v) is 14.4. The molecule has 1 atom stereocenters. The number of aryl methyl sites for hydroxylation is 2. The first-order valence-corrected chi connectivity index (χ1v) is 32.1. The molecule has 0 saturated heterocycles. The van der Waals surface area contributed by atoms with E-state index in [-0.39, 0.29) is 51.7 Å². The molecule has 2 amide bonds. The smallest absolute Gasteiger partial charge is 0.254 e. The molecule has 1 unspecified atom stereocenters. The number of hydrogen-bond donors (Lipinski definition) is 2. The number of benzene rings is 4. The lowest BCUT2D eigenvalue weighted by Crippen LogP contribution is -2.53. The Labute approximate surface area is 519 Å². The van der Waals surface area contributed by atoms with Crippen molar-refractivity contribution in [2.45, 2.75) is 150 Å². The topological polar surface area (TPSA) is 190 Å².